The summed E-state index contributed by atoms with van der Waals surface area (Å²) < 4.78 is 43.6. The summed E-state index contributed by atoms with van der Waals surface area (Å²) >= 11 is 5.68. The van der Waals surface area contributed by atoms with E-state index >= 15 is 0 Å². The number of carbonyl (C=O) groups excluding carboxylic acids is 2. The molecule has 0 bridgehead atoms. The highest BCUT2D eigenvalue weighted by molar-refractivity contribution is 6.31. The summed E-state index contributed by atoms with van der Waals surface area (Å²) in [4.78, 5) is 33.8. The number of aromatic nitrogens is 2. The Morgan fingerprint density at radius 1 is 0.914 bits per heavy atom. The molecule has 0 saturated carbocycles. The van der Waals surface area contributed by atoms with Crippen LogP contribution in [0.5, 0.6) is 5.88 Å². The summed E-state index contributed by atoms with van der Waals surface area (Å²) in [6.07, 6.45) is -3.13. The molecule has 0 aliphatic heterocycles. The smallest absolute Gasteiger partial charge is 0.417 e. The van der Waals surface area contributed by atoms with Crippen LogP contribution in [-0.4, -0.2) is 28.9 Å². The van der Waals surface area contributed by atoms with Crippen LogP contribution in [0.4, 0.5) is 29.3 Å². The van der Waals surface area contributed by atoms with Crippen molar-refractivity contribution in [2.24, 2.45) is 0 Å². The topological polar surface area (TPSA) is 93.2 Å². The number of methoxy groups -OCH3 is 1. The van der Waals surface area contributed by atoms with Gasteiger partial charge in [-0.05, 0) is 48.5 Å². The number of benzene rings is 3. The molecule has 3 aromatic carbocycles. The van der Waals surface area contributed by atoms with Crippen molar-refractivity contribution in [3.05, 3.63) is 88.6 Å². The molecule has 2 N–H and O–H groups in total. The zero-order valence-electron chi connectivity index (χ0n) is 18.0. The Bertz CT molecular complexity index is 1440. The minimum absolute atomic E-state index is 0.0698. The molecule has 4 rings (SSSR count). The standard InChI is InChI=1S/C24H16ClF3N4O3/c1-35-21-12-29-19-8-5-14(10-20(19)32-21)22(33)13-3-2-4-15(9-13)30-23(34)31-16-6-7-17(18(25)11-16)24(26,27)28/h2-12H,1H3,(H2,30,31,34). The van der Waals surface area contributed by atoms with E-state index in [2.05, 4.69) is 20.6 Å². The molecule has 0 saturated heterocycles. The quantitative estimate of drug-likeness (QED) is 0.319. The molecule has 11 heteroatoms. The van der Waals surface area contributed by atoms with Crippen LogP contribution in [0.15, 0.2) is 66.9 Å². The zero-order valence-corrected chi connectivity index (χ0v) is 18.7. The number of halogens is 4. The first-order valence-corrected chi connectivity index (χ1v) is 10.4. The van der Waals surface area contributed by atoms with Crippen LogP contribution in [0.3, 0.4) is 0 Å². The summed E-state index contributed by atoms with van der Waals surface area (Å²) in [5.74, 6) is 0.00346. The molecule has 1 aromatic heterocycles. The average molecular weight is 501 g/mol. The van der Waals surface area contributed by atoms with Gasteiger partial charge in [-0.3, -0.25) is 4.79 Å². The van der Waals surface area contributed by atoms with Crippen LogP contribution in [0, 0.1) is 0 Å². The van der Waals surface area contributed by atoms with Gasteiger partial charge in [-0.2, -0.15) is 13.2 Å². The lowest BCUT2D eigenvalue weighted by atomic mass is 10.0. The molecular weight excluding hydrogens is 485 g/mol. The molecule has 178 valence electrons. The predicted octanol–water partition coefficient (Wildman–Crippen LogP) is 6.19. The third-order valence-electron chi connectivity index (χ3n) is 4.91. The number of amides is 2. The van der Waals surface area contributed by atoms with Crippen molar-refractivity contribution >= 4 is 45.8 Å². The van der Waals surface area contributed by atoms with Gasteiger partial charge < -0.3 is 15.4 Å². The molecule has 0 aliphatic rings. The molecule has 2 amide bonds. The van der Waals surface area contributed by atoms with E-state index < -0.39 is 22.8 Å². The minimum atomic E-state index is -4.60. The van der Waals surface area contributed by atoms with E-state index in [1.165, 1.54) is 19.4 Å². The van der Waals surface area contributed by atoms with E-state index in [0.29, 0.717) is 33.7 Å². The first-order chi connectivity index (χ1) is 16.6. The van der Waals surface area contributed by atoms with Gasteiger partial charge in [-0.15, -0.1) is 0 Å². The third-order valence-corrected chi connectivity index (χ3v) is 5.22. The van der Waals surface area contributed by atoms with E-state index in [-0.39, 0.29) is 11.5 Å². The average Bonchev–Trinajstić information content (AvgIpc) is 2.82. The molecule has 0 atom stereocenters. The van der Waals surface area contributed by atoms with Gasteiger partial charge in [-0.1, -0.05) is 23.7 Å². The van der Waals surface area contributed by atoms with Crippen molar-refractivity contribution in [1.29, 1.82) is 0 Å². The third kappa shape index (κ3) is 5.49. The van der Waals surface area contributed by atoms with Crippen LogP contribution < -0.4 is 15.4 Å². The van der Waals surface area contributed by atoms with Crippen molar-refractivity contribution in [3.8, 4) is 5.88 Å². The molecule has 0 fully saturated rings. The molecule has 35 heavy (non-hydrogen) atoms. The van der Waals surface area contributed by atoms with Crippen molar-refractivity contribution in [3.63, 3.8) is 0 Å². The number of anilines is 2. The summed E-state index contributed by atoms with van der Waals surface area (Å²) in [6.45, 7) is 0. The van der Waals surface area contributed by atoms with Gasteiger partial charge in [0.25, 0.3) is 0 Å². The number of rotatable bonds is 5. The lowest BCUT2D eigenvalue weighted by Gasteiger charge is -2.12. The Hall–Kier alpha value is -4.18. The molecule has 4 aromatic rings. The van der Waals surface area contributed by atoms with Crippen LogP contribution in [0.1, 0.15) is 21.5 Å². The highest BCUT2D eigenvalue weighted by atomic mass is 35.5. The number of nitrogens with zero attached hydrogens (tertiary/aromatic N) is 2. The highest BCUT2D eigenvalue weighted by Gasteiger charge is 2.33. The fraction of sp³-hybridized carbons (Fsp3) is 0.0833. The van der Waals surface area contributed by atoms with Gasteiger partial charge in [0, 0.05) is 22.5 Å². The number of hydrogen-bond acceptors (Lipinski definition) is 5. The first-order valence-electron chi connectivity index (χ1n) is 10.0. The Balaban J connectivity index is 1.49. The Labute approximate surface area is 201 Å². The summed E-state index contributed by atoms with van der Waals surface area (Å²) in [7, 11) is 1.46. The fourth-order valence-corrected chi connectivity index (χ4v) is 3.54. The number of carbonyl (C=O) groups is 2. The SMILES string of the molecule is COc1cnc2ccc(C(=O)c3cccc(NC(=O)Nc4ccc(C(F)(F)F)c(Cl)c4)c3)cc2n1. The number of urea groups is 1. The van der Waals surface area contributed by atoms with Gasteiger partial charge >= 0.3 is 12.2 Å². The van der Waals surface area contributed by atoms with E-state index in [1.807, 2.05) is 0 Å². The van der Waals surface area contributed by atoms with E-state index in [4.69, 9.17) is 16.3 Å². The van der Waals surface area contributed by atoms with Gasteiger partial charge in [0.1, 0.15) is 0 Å². The van der Waals surface area contributed by atoms with Gasteiger partial charge in [0.2, 0.25) is 5.88 Å². The number of alkyl halides is 3. The van der Waals surface area contributed by atoms with Crippen molar-refractivity contribution in [2.45, 2.75) is 6.18 Å². The molecular formula is C24H16ClF3N4O3. The van der Waals surface area contributed by atoms with Gasteiger partial charge in [0.05, 0.1) is 34.9 Å². The second-order valence-electron chi connectivity index (χ2n) is 7.30. The normalized spacial score (nSPS) is 11.2. The maximum Gasteiger partial charge on any atom is 0.417 e. The molecule has 1 heterocycles. The van der Waals surface area contributed by atoms with Crippen LogP contribution in [0.25, 0.3) is 11.0 Å². The minimum Gasteiger partial charge on any atom is -0.480 e. The Morgan fingerprint density at radius 3 is 2.31 bits per heavy atom. The van der Waals surface area contributed by atoms with Gasteiger partial charge in [0.15, 0.2) is 5.78 Å². The first kappa shape index (κ1) is 24.0. The van der Waals surface area contributed by atoms with E-state index in [9.17, 15) is 22.8 Å². The molecule has 0 radical (unpaired) electrons. The molecule has 0 aliphatic carbocycles. The summed E-state index contributed by atoms with van der Waals surface area (Å²) in [5, 5.41) is 4.41. The Kier molecular flexibility index (Phi) is 6.57. The van der Waals surface area contributed by atoms with Gasteiger partial charge in [-0.25, -0.2) is 14.8 Å². The summed E-state index contributed by atoms with van der Waals surface area (Å²) in [5.41, 5.74) is 1.11. The second-order valence-corrected chi connectivity index (χ2v) is 7.70. The predicted molar refractivity (Wildman–Crippen MR) is 125 cm³/mol. The Morgan fingerprint density at radius 2 is 1.63 bits per heavy atom. The van der Waals surface area contributed by atoms with Crippen LogP contribution in [0.2, 0.25) is 5.02 Å². The number of ketones is 1. The molecule has 0 spiro atoms. The lowest BCUT2D eigenvalue weighted by molar-refractivity contribution is -0.137. The number of nitrogens with one attached hydrogen (secondary N) is 2. The highest BCUT2D eigenvalue weighted by Crippen LogP contribution is 2.35. The summed E-state index contributed by atoms with van der Waals surface area (Å²) in [6, 6.07) is 13.2. The maximum absolute atomic E-state index is 13.0. The number of hydrogen-bond donors (Lipinski definition) is 2. The lowest BCUT2D eigenvalue weighted by Crippen LogP contribution is -2.20. The largest absolute Gasteiger partial charge is 0.480 e. The van der Waals surface area contributed by atoms with Crippen molar-refractivity contribution < 1.29 is 27.5 Å². The molecule has 0 unspecified atom stereocenters. The fourth-order valence-electron chi connectivity index (χ4n) is 3.26. The van der Waals surface area contributed by atoms with Crippen molar-refractivity contribution in [2.75, 3.05) is 17.7 Å². The zero-order chi connectivity index (χ0) is 25.2. The molecule has 7 nitrogen and oxygen atoms in total. The van der Waals surface area contributed by atoms with E-state index in [1.54, 1.807) is 36.4 Å². The monoisotopic (exact) mass is 500 g/mol. The maximum atomic E-state index is 13.0. The van der Waals surface area contributed by atoms with Crippen molar-refractivity contribution in [1.82, 2.24) is 9.97 Å². The number of fused-ring (bicyclic) bond motifs is 1. The van der Waals surface area contributed by atoms with Crippen LogP contribution >= 0.6 is 11.6 Å². The van der Waals surface area contributed by atoms with E-state index in [0.717, 1.165) is 18.2 Å². The number of ether oxygens (including phenoxy) is 1. The van der Waals surface area contributed by atoms with Crippen LogP contribution in [-0.2, 0) is 6.18 Å². The second kappa shape index (κ2) is 9.59.